The summed E-state index contributed by atoms with van der Waals surface area (Å²) in [5, 5.41) is 20.6. The predicted octanol–water partition coefficient (Wildman–Crippen LogP) is 5.90. The van der Waals surface area contributed by atoms with Gasteiger partial charge in [-0.25, -0.2) is 4.79 Å². The van der Waals surface area contributed by atoms with Gasteiger partial charge in [-0.15, -0.1) is 0 Å². The molecule has 0 bridgehead atoms. The van der Waals surface area contributed by atoms with E-state index in [1.807, 2.05) is 6.92 Å². The number of hydrogen-bond donors (Lipinski definition) is 2. The van der Waals surface area contributed by atoms with E-state index in [0.717, 1.165) is 50.5 Å². The predicted molar refractivity (Wildman–Crippen MR) is 126 cm³/mol. The number of rotatable bonds is 6. The van der Waals surface area contributed by atoms with Gasteiger partial charge in [0.1, 0.15) is 5.94 Å². The standard InChI is InChI=1S/C28H44O4/c1-17(6-5-7-18(2)26(31)32)21-8-9-22-25-23(11-13-28(21,22)4)27(3)12-10-19(16-29)14-20(27)15-24(25)30/h17-18,20-25,30H,5-15H2,1-4H3,(H,31,32)/t17-,18?,20+,21-,22+,23+,24-,25+,27+,28-/m1/s1. The molecular weight excluding hydrogens is 400 g/mol. The molecule has 4 saturated carbocycles. The minimum Gasteiger partial charge on any atom is -0.481 e. The number of carbonyl (C=O) groups excluding carboxylic acids is 1. The summed E-state index contributed by atoms with van der Waals surface area (Å²) in [6.07, 6.45) is 11.3. The first kappa shape index (κ1) is 24.0. The highest BCUT2D eigenvalue weighted by Crippen LogP contribution is 2.68. The molecule has 4 nitrogen and oxygen atoms in total. The molecule has 0 aromatic rings. The molecule has 4 heteroatoms. The number of aliphatic hydroxyl groups excluding tert-OH is 1. The molecule has 4 aliphatic carbocycles. The average molecular weight is 445 g/mol. The molecule has 0 aromatic heterocycles. The minimum atomic E-state index is -0.680. The van der Waals surface area contributed by atoms with Crippen molar-refractivity contribution < 1.29 is 19.8 Å². The molecule has 0 heterocycles. The highest BCUT2D eigenvalue weighted by atomic mass is 16.4. The number of carboxylic acids is 1. The number of aliphatic hydroxyl groups is 1. The summed E-state index contributed by atoms with van der Waals surface area (Å²) in [4.78, 5) is 22.4. The summed E-state index contributed by atoms with van der Waals surface area (Å²) in [5.41, 5.74) is 1.49. The number of aliphatic carboxylic acids is 1. The Hall–Kier alpha value is -1.12. The van der Waals surface area contributed by atoms with Gasteiger partial charge >= 0.3 is 5.97 Å². The Morgan fingerprint density at radius 2 is 1.81 bits per heavy atom. The van der Waals surface area contributed by atoms with Crippen LogP contribution in [0.1, 0.15) is 98.3 Å². The maximum absolute atomic E-state index is 11.4. The fourth-order valence-corrected chi connectivity index (χ4v) is 9.19. The summed E-state index contributed by atoms with van der Waals surface area (Å²) >= 11 is 0. The van der Waals surface area contributed by atoms with Crippen molar-refractivity contribution in [1.82, 2.24) is 0 Å². The smallest absolute Gasteiger partial charge is 0.306 e. The molecule has 2 N–H and O–H groups in total. The molecule has 4 fully saturated rings. The Morgan fingerprint density at radius 3 is 2.50 bits per heavy atom. The summed E-state index contributed by atoms with van der Waals surface area (Å²) in [6, 6.07) is 0. The summed E-state index contributed by atoms with van der Waals surface area (Å²) in [6.45, 7) is 9.18. The Labute approximate surface area is 194 Å². The second-order valence-electron chi connectivity index (χ2n) is 12.6. The van der Waals surface area contributed by atoms with Crippen LogP contribution < -0.4 is 0 Å². The molecule has 0 amide bonds. The van der Waals surface area contributed by atoms with Crippen LogP contribution >= 0.6 is 0 Å². The first-order chi connectivity index (χ1) is 15.1. The zero-order valence-electron chi connectivity index (χ0n) is 20.6. The van der Waals surface area contributed by atoms with E-state index in [0.29, 0.717) is 40.9 Å². The first-order valence-electron chi connectivity index (χ1n) is 13.3. The number of carbonyl (C=O) groups is 1. The van der Waals surface area contributed by atoms with Crippen LogP contribution in [0.2, 0.25) is 0 Å². The van der Waals surface area contributed by atoms with Crippen LogP contribution in [0.3, 0.4) is 0 Å². The lowest BCUT2D eigenvalue weighted by molar-refractivity contribution is -0.160. The van der Waals surface area contributed by atoms with E-state index in [9.17, 15) is 19.8 Å². The Balaban J connectivity index is 1.47. The van der Waals surface area contributed by atoms with E-state index in [2.05, 4.69) is 26.7 Å². The normalized spacial score (nSPS) is 45.2. The lowest BCUT2D eigenvalue weighted by atomic mass is 9.43. The molecule has 0 aromatic carbocycles. The Bertz CT molecular complexity index is 769. The fourth-order valence-electron chi connectivity index (χ4n) is 9.19. The van der Waals surface area contributed by atoms with Crippen molar-refractivity contribution in [1.29, 1.82) is 0 Å². The first-order valence-corrected chi connectivity index (χ1v) is 13.3. The highest BCUT2D eigenvalue weighted by Gasteiger charge is 2.62. The van der Waals surface area contributed by atoms with Crippen LogP contribution in [0.5, 0.6) is 0 Å². The molecule has 180 valence electrons. The van der Waals surface area contributed by atoms with Crippen molar-refractivity contribution in [3.05, 3.63) is 5.57 Å². The van der Waals surface area contributed by atoms with Crippen molar-refractivity contribution in [3.8, 4) is 0 Å². The summed E-state index contributed by atoms with van der Waals surface area (Å²) in [5.74, 6) is 4.56. The van der Waals surface area contributed by atoms with E-state index >= 15 is 0 Å². The molecule has 32 heavy (non-hydrogen) atoms. The van der Waals surface area contributed by atoms with Crippen molar-refractivity contribution >= 4 is 11.9 Å². The van der Waals surface area contributed by atoms with Crippen LogP contribution in [-0.4, -0.2) is 28.2 Å². The van der Waals surface area contributed by atoms with E-state index in [-0.39, 0.29) is 17.4 Å². The van der Waals surface area contributed by atoms with Gasteiger partial charge in [-0.05, 0) is 104 Å². The molecular formula is C28H44O4. The van der Waals surface area contributed by atoms with Gasteiger partial charge in [0.15, 0.2) is 0 Å². The van der Waals surface area contributed by atoms with Crippen LogP contribution in [0.4, 0.5) is 0 Å². The van der Waals surface area contributed by atoms with E-state index < -0.39 is 5.97 Å². The molecule has 4 aliphatic rings. The monoisotopic (exact) mass is 444 g/mol. The minimum absolute atomic E-state index is 0.237. The number of hydrogen-bond acceptors (Lipinski definition) is 3. The van der Waals surface area contributed by atoms with Crippen molar-refractivity contribution in [2.45, 2.75) is 104 Å². The third kappa shape index (κ3) is 3.90. The van der Waals surface area contributed by atoms with Crippen LogP contribution in [0.15, 0.2) is 5.57 Å². The average Bonchev–Trinajstić information content (AvgIpc) is 3.11. The lowest BCUT2D eigenvalue weighted by Gasteiger charge is -2.62. The molecule has 1 unspecified atom stereocenters. The third-order valence-electron chi connectivity index (χ3n) is 11.2. The molecule has 0 aliphatic heterocycles. The topological polar surface area (TPSA) is 74.6 Å². The quantitative estimate of drug-likeness (QED) is 0.500. The van der Waals surface area contributed by atoms with E-state index in [1.165, 1.54) is 25.7 Å². The zero-order valence-corrected chi connectivity index (χ0v) is 20.6. The fraction of sp³-hybridized carbons (Fsp3) is 0.893. The van der Waals surface area contributed by atoms with Gasteiger partial charge in [0.25, 0.3) is 0 Å². The van der Waals surface area contributed by atoms with Crippen LogP contribution in [-0.2, 0) is 9.59 Å². The number of fused-ring (bicyclic) bond motifs is 5. The van der Waals surface area contributed by atoms with Gasteiger partial charge in [0.2, 0.25) is 0 Å². The lowest BCUT2D eigenvalue weighted by Crippen LogP contribution is -2.58. The molecule has 0 radical (unpaired) electrons. The second kappa shape index (κ2) is 8.91. The van der Waals surface area contributed by atoms with Crippen LogP contribution in [0.25, 0.3) is 0 Å². The van der Waals surface area contributed by atoms with Gasteiger partial charge < -0.3 is 10.2 Å². The van der Waals surface area contributed by atoms with E-state index in [1.54, 1.807) is 0 Å². The number of carboxylic acid groups (broad SMARTS) is 1. The Kier molecular flexibility index (Phi) is 6.69. The van der Waals surface area contributed by atoms with Crippen LogP contribution in [0, 0.1) is 52.3 Å². The van der Waals surface area contributed by atoms with Gasteiger partial charge in [-0.3, -0.25) is 4.79 Å². The third-order valence-corrected chi connectivity index (χ3v) is 11.2. The van der Waals surface area contributed by atoms with Gasteiger partial charge in [-0.1, -0.05) is 40.5 Å². The highest BCUT2D eigenvalue weighted by molar-refractivity contribution is 5.69. The largest absolute Gasteiger partial charge is 0.481 e. The second-order valence-corrected chi connectivity index (χ2v) is 12.6. The molecule has 0 saturated heterocycles. The van der Waals surface area contributed by atoms with Crippen molar-refractivity contribution in [2.75, 3.05) is 0 Å². The molecule has 4 rings (SSSR count). The Morgan fingerprint density at radius 1 is 1.09 bits per heavy atom. The number of allylic oxidation sites excluding steroid dienone is 1. The van der Waals surface area contributed by atoms with E-state index in [4.69, 9.17) is 0 Å². The summed E-state index contributed by atoms with van der Waals surface area (Å²) in [7, 11) is 0. The maximum atomic E-state index is 11.4. The molecule has 10 atom stereocenters. The maximum Gasteiger partial charge on any atom is 0.306 e. The zero-order chi connectivity index (χ0) is 23.3. The SMILES string of the molecule is CC(CCC[C@@H](C)[C@H]1CC[C@H]2[C@@H]3[C@H](O)C[C@@H]4CC(=C=O)CC[C@]4(C)[C@H]3CC[C@]12C)C(=O)O. The van der Waals surface area contributed by atoms with Crippen molar-refractivity contribution in [2.24, 2.45) is 52.3 Å². The molecule has 0 spiro atoms. The van der Waals surface area contributed by atoms with Gasteiger partial charge in [-0.2, -0.15) is 0 Å². The van der Waals surface area contributed by atoms with Gasteiger partial charge in [0.05, 0.1) is 12.0 Å². The van der Waals surface area contributed by atoms with Gasteiger partial charge in [0, 0.05) is 5.57 Å². The van der Waals surface area contributed by atoms with Crippen molar-refractivity contribution in [3.63, 3.8) is 0 Å². The summed E-state index contributed by atoms with van der Waals surface area (Å²) < 4.78 is 0.